The van der Waals surface area contributed by atoms with Gasteiger partial charge in [-0.15, -0.1) is 0 Å². The first-order valence-corrected chi connectivity index (χ1v) is 6.51. The van der Waals surface area contributed by atoms with Gasteiger partial charge in [0, 0.05) is 18.6 Å². The van der Waals surface area contributed by atoms with Crippen molar-refractivity contribution in [2.75, 3.05) is 13.7 Å². The fraction of sp³-hybridized carbons (Fsp3) is 0.200. The number of ether oxygens (including phenoxy) is 1. The molecule has 0 aromatic heterocycles. The molecule has 20 heavy (non-hydrogen) atoms. The lowest BCUT2D eigenvalue weighted by molar-refractivity contribution is 0.229. The van der Waals surface area contributed by atoms with Crippen molar-refractivity contribution in [3.8, 4) is 0 Å². The average molecular weight is 291 g/mol. The van der Waals surface area contributed by atoms with Gasteiger partial charge in [0.15, 0.2) is 0 Å². The van der Waals surface area contributed by atoms with Crippen LogP contribution >= 0.6 is 11.6 Å². The largest absolute Gasteiger partial charge is 0.380 e. The zero-order chi connectivity index (χ0) is 14.5. The maximum absolute atomic E-state index is 10.9. The predicted molar refractivity (Wildman–Crippen MR) is 81.0 cm³/mol. The fourth-order valence-electron chi connectivity index (χ4n) is 2.10. The highest BCUT2D eigenvalue weighted by Gasteiger charge is 2.14. The summed E-state index contributed by atoms with van der Waals surface area (Å²) in [5.74, 6) is 0. The summed E-state index contributed by atoms with van der Waals surface area (Å²) in [6.07, 6.45) is 4.42. The quantitative estimate of drug-likeness (QED) is 0.929. The monoisotopic (exact) mass is 290 g/mol. The lowest BCUT2D eigenvalue weighted by atomic mass is 9.91. The number of rotatable bonds is 3. The van der Waals surface area contributed by atoms with E-state index in [9.17, 15) is 4.79 Å². The van der Waals surface area contributed by atoms with E-state index in [-0.39, 0.29) is 0 Å². The molecule has 2 N–H and O–H groups in total. The van der Waals surface area contributed by atoms with Crippen molar-refractivity contribution in [3.63, 3.8) is 0 Å². The molecule has 0 heterocycles. The van der Waals surface area contributed by atoms with Gasteiger partial charge < -0.3 is 10.5 Å². The minimum atomic E-state index is -0.684. The number of methoxy groups -OCH3 is 1. The van der Waals surface area contributed by atoms with Gasteiger partial charge in [-0.3, -0.25) is 0 Å². The van der Waals surface area contributed by atoms with Gasteiger partial charge in [0.1, 0.15) is 0 Å². The number of halogens is 1. The molecule has 0 unspecified atom stereocenters. The zero-order valence-electron chi connectivity index (χ0n) is 11.1. The first-order chi connectivity index (χ1) is 9.60. The number of hydrogen-bond donors (Lipinski definition) is 1. The van der Waals surface area contributed by atoms with Gasteiger partial charge in [-0.05, 0) is 34.9 Å². The van der Waals surface area contributed by atoms with Crippen LogP contribution in [-0.2, 0) is 4.74 Å². The molecule has 0 saturated carbocycles. The van der Waals surface area contributed by atoms with Crippen LogP contribution in [0.25, 0.3) is 5.57 Å². The fourth-order valence-corrected chi connectivity index (χ4v) is 2.23. The minimum Gasteiger partial charge on any atom is -0.380 e. The van der Waals surface area contributed by atoms with Crippen LogP contribution in [-0.4, -0.2) is 25.5 Å². The Morgan fingerprint density at radius 1 is 1.40 bits per heavy atom. The van der Waals surface area contributed by atoms with Gasteiger partial charge in [0.2, 0.25) is 0 Å². The number of nitrogens with zero attached hydrogens (tertiary/aromatic N) is 1. The molecule has 0 saturated heterocycles. The zero-order valence-corrected chi connectivity index (χ0v) is 11.9. The maximum atomic E-state index is 10.9. The molecule has 2 rings (SSSR count). The number of urea groups is 1. The number of benzene rings is 1. The van der Waals surface area contributed by atoms with Crippen LogP contribution in [0.1, 0.15) is 12.0 Å². The Hall–Kier alpha value is -1.91. The number of nitrogens with two attached hydrogens (primary N) is 1. The normalized spacial score (nSPS) is 16.8. The van der Waals surface area contributed by atoms with Gasteiger partial charge in [-0.25, -0.2) is 4.79 Å². The molecule has 0 aliphatic heterocycles. The van der Waals surface area contributed by atoms with E-state index in [0.29, 0.717) is 23.8 Å². The Morgan fingerprint density at radius 3 is 2.70 bits per heavy atom. The van der Waals surface area contributed by atoms with Crippen molar-refractivity contribution >= 4 is 28.9 Å². The number of aliphatic imine (C=N–C) groups is 1. The Balaban J connectivity index is 2.34. The van der Waals surface area contributed by atoms with Gasteiger partial charge in [-0.1, -0.05) is 29.8 Å². The molecule has 0 fully saturated rings. The third-order valence-corrected chi connectivity index (χ3v) is 3.16. The smallest absolute Gasteiger partial charge is 0.338 e. The number of hydrogen-bond acceptors (Lipinski definition) is 2. The first kappa shape index (κ1) is 14.5. The highest BCUT2D eigenvalue weighted by atomic mass is 35.5. The topological polar surface area (TPSA) is 64.7 Å². The van der Waals surface area contributed by atoms with E-state index in [0.717, 1.165) is 16.7 Å². The number of allylic oxidation sites excluding steroid dienone is 2. The first-order valence-electron chi connectivity index (χ1n) is 6.13. The molecule has 0 radical (unpaired) electrons. The molecule has 4 nitrogen and oxygen atoms in total. The summed E-state index contributed by atoms with van der Waals surface area (Å²) in [6, 6.07) is 6.91. The second kappa shape index (κ2) is 6.50. The molecule has 1 aromatic rings. The molecule has 2 amide bonds. The summed E-state index contributed by atoms with van der Waals surface area (Å²) in [7, 11) is 1.62. The van der Waals surface area contributed by atoms with E-state index in [1.165, 1.54) is 0 Å². The van der Waals surface area contributed by atoms with Crippen LogP contribution < -0.4 is 5.73 Å². The molecule has 1 aliphatic carbocycles. The maximum Gasteiger partial charge on any atom is 0.338 e. The Morgan fingerprint density at radius 2 is 2.10 bits per heavy atom. The van der Waals surface area contributed by atoms with Gasteiger partial charge in [0.25, 0.3) is 0 Å². The molecular formula is C15H15ClN2O2. The van der Waals surface area contributed by atoms with Crippen molar-refractivity contribution in [2.24, 2.45) is 10.7 Å². The molecule has 1 aliphatic rings. The lowest BCUT2D eigenvalue weighted by Gasteiger charge is -2.17. The third kappa shape index (κ3) is 3.56. The highest BCUT2D eigenvalue weighted by Crippen LogP contribution is 2.28. The molecule has 0 spiro atoms. The molecular weight excluding hydrogens is 276 g/mol. The number of primary amides is 1. The Labute approximate surface area is 122 Å². The lowest BCUT2D eigenvalue weighted by Crippen LogP contribution is -2.12. The van der Waals surface area contributed by atoms with Crippen LogP contribution in [0.3, 0.4) is 0 Å². The van der Waals surface area contributed by atoms with Gasteiger partial charge in [0.05, 0.1) is 12.3 Å². The molecule has 104 valence electrons. The standard InChI is InChI=1S/C15H15ClN2O2/c1-20-9-11-8-13(18-15(17)19)6-7-14(11)10-2-4-12(16)5-3-10/h2-5,7-8H,6,9H2,1H3,(H2,17,19). The third-order valence-electron chi connectivity index (χ3n) is 2.91. The molecule has 0 atom stereocenters. The van der Waals surface area contributed by atoms with Crippen LogP contribution in [0.5, 0.6) is 0 Å². The second-order valence-electron chi connectivity index (χ2n) is 4.37. The van der Waals surface area contributed by atoms with E-state index in [1.807, 2.05) is 36.4 Å². The molecule has 0 bridgehead atoms. The van der Waals surface area contributed by atoms with E-state index < -0.39 is 6.03 Å². The van der Waals surface area contributed by atoms with E-state index in [2.05, 4.69) is 4.99 Å². The summed E-state index contributed by atoms with van der Waals surface area (Å²) in [4.78, 5) is 14.6. The van der Waals surface area contributed by atoms with Crippen molar-refractivity contribution in [3.05, 3.63) is 52.6 Å². The number of amides is 2. The summed E-state index contributed by atoms with van der Waals surface area (Å²) < 4.78 is 5.20. The average Bonchev–Trinajstić information content (AvgIpc) is 2.40. The van der Waals surface area contributed by atoms with E-state index >= 15 is 0 Å². The number of carbonyl (C=O) groups is 1. The van der Waals surface area contributed by atoms with Crippen LogP contribution in [0.4, 0.5) is 4.79 Å². The Bertz CT molecular complexity index is 601. The predicted octanol–water partition coefficient (Wildman–Crippen LogP) is 3.22. The second-order valence-corrected chi connectivity index (χ2v) is 4.81. The summed E-state index contributed by atoms with van der Waals surface area (Å²) >= 11 is 5.90. The Kier molecular flexibility index (Phi) is 4.71. The van der Waals surface area contributed by atoms with Crippen molar-refractivity contribution < 1.29 is 9.53 Å². The molecule has 1 aromatic carbocycles. The minimum absolute atomic E-state index is 0.437. The van der Waals surface area contributed by atoms with Crippen molar-refractivity contribution in [2.45, 2.75) is 6.42 Å². The molecule has 5 heteroatoms. The van der Waals surface area contributed by atoms with Gasteiger partial charge in [-0.2, -0.15) is 4.99 Å². The van der Waals surface area contributed by atoms with Crippen molar-refractivity contribution in [1.82, 2.24) is 0 Å². The van der Waals surface area contributed by atoms with Crippen LogP contribution in [0.15, 0.2) is 47.0 Å². The summed E-state index contributed by atoms with van der Waals surface area (Å²) in [6.45, 7) is 0.437. The van der Waals surface area contributed by atoms with Crippen molar-refractivity contribution in [1.29, 1.82) is 0 Å². The van der Waals surface area contributed by atoms with Crippen LogP contribution in [0.2, 0.25) is 5.02 Å². The van der Waals surface area contributed by atoms with E-state index in [1.54, 1.807) is 7.11 Å². The van der Waals surface area contributed by atoms with E-state index in [4.69, 9.17) is 22.1 Å². The summed E-state index contributed by atoms with van der Waals surface area (Å²) in [5, 5.41) is 0.693. The van der Waals surface area contributed by atoms with Gasteiger partial charge >= 0.3 is 6.03 Å². The number of carbonyl (C=O) groups excluding carboxylic acids is 1. The highest BCUT2D eigenvalue weighted by molar-refractivity contribution is 6.30. The SMILES string of the molecule is COCC1=CC(=NC(N)=O)CC=C1c1ccc(Cl)cc1. The van der Waals surface area contributed by atoms with Crippen LogP contribution in [0, 0.1) is 0 Å². The summed E-state index contributed by atoms with van der Waals surface area (Å²) in [5.41, 5.74) is 8.80.